The molecule has 0 heterocycles. The highest BCUT2D eigenvalue weighted by molar-refractivity contribution is 5.89. The SMILES string of the molecule is COc1ccc(OCCCNC(=O)C2CC2C(=O)O)cc1. The van der Waals surface area contributed by atoms with Crippen molar-refractivity contribution in [3.05, 3.63) is 24.3 Å². The maximum absolute atomic E-state index is 11.6. The van der Waals surface area contributed by atoms with Gasteiger partial charge in [0.1, 0.15) is 11.5 Å². The topological polar surface area (TPSA) is 84.9 Å². The Morgan fingerprint density at radius 1 is 1.24 bits per heavy atom. The van der Waals surface area contributed by atoms with Crippen molar-refractivity contribution in [2.45, 2.75) is 12.8 Å². The minimum atomic E-state index is -0.891. The maximum Gasteiger partial charge on any atom is 0.307 e. The van der Waals surface area contributed by atoms with Crippen LogP contribution in [0.2, 0.25) is 0 Å². The number of carboxylic acids is 1. The molecule has 6 nitrogen and oxygen atoms in total. The van der Waals surface area contributed by atoms with Crippen molar-refractivity contribution < 1.29 is 24.2 Å². The first kappa shape index (κ1) is 15.2. The molecule has 1 fully saturated rings. The van der Waals surface area contributed by atoms with Crippen LogP contribution in [0.15, 0.2) is 24.3 Å². The smallest absolute Gasteiger partial charge is 0.307 e. The van der Waals surface area contributed by atoms with Gasteiger partial charge in [-0.05, 0) is 37.1 Å². The second-order valence-electron chi connectivity index (χ2n) is 4.96. The van der Waals surface area contributed by atoms with E-state index in [0.717, 1.165) is 11.5 Å². The van der Waals surface area contributed by atoms with Gasteiger partial charge in [0.2, 0.25) is 5.91 Å². The zero-order valence-corrected chi connectivity index (χ0v) is 11.9. The van der Waals surface area contributed by atoms with Gasteiger partial charge in [0.25, 0.3) is 0 Å². The van der Waals surface area contributed by atoms with E-state index in [1.165, 1.54) is 0 Å². The predicted molar refractivity (Wildman–Crippen MR) is 75.3 cm³/mol. The van der Waals surface area contributed by atoms with Crippen LogP contribution in [0.3, 0.4) is 0 Å². The van der Waals surface area contributed by atoms with E-state index in [9.17, 15) is 9.59 Å². The van der Waals surface area contributed by atoms with E-state index < -0.39 is 11.9 Å². The van der Waals surface area contributed by atoms with Gasteiger partial charge < -0.3 is 19.9 Å². The summed E-state index contributed by atoms with van der Waals surface area (Å²) in [6.45, 7) is 0.970. The van der Waals surface area contributed by atoms with Crippen LogP contribution >= 0.6 is 0 Å². The quantitative estimate of drug-likeness (QED) is 0.706. The van der Waals surface area contributed by atoms with E-state index in [1.54, 1.807) is 7.11 Å². The van der Waals surface area contributed by atoms with E-state index in [1.807, 2.05) is 24.3 Å². The summed E-state index contributed by atoms with van der Waals surface area (Å²) in [5.41, 5.74) is 0. The van der Waals surface area contributed by atoms with Gasteiger partial charge in [-0.3, -0.25) is 9.59 Å². The van der Waals surface area contributed by atoms with Crippen molar-refractivity contribution in [2.24, 2.45) is 11.8 Å². The van der Waals surface area contributed by atoms with Crippen molar-refractivity contribution in [3.63, 3.8) is 0 Å². The van der Waals surface area contributed by atoms with Crippen LogP contribution in [0, 0.1) is 11.8 Å². The number of carbonyl (C=O) groups is 2. The molecule has 1 aliphatic carbocycles. The maximum atomic E-state index is 11.6. The van der Waals surface area contributed by atoms with E-state index >= 15 is 0 Å². The monoisotopic (exact) mass is 293 g/mol. The highest BCUT2D eigenvalue weighted by Gasteiger charge is 2.48. The number of ether oxygens (including phenoxy) is 2. The standard InChI is InChI=1S/C15H19NO5/c1-20-10-3-5-11(6-4-10)21-8-2-7-16-14(17)12-9-13(12)15(18)19/h3-6,12-13H,2,7-9H2,1H3,(H,16,17)(H,18,19). The highest BCUT2D eigenvalue weighted by atomic mass is 16.5. The third-order valence-corrected chi connectivity index (χ3v) is 3.39. The van der Waals surface area contributed by atoms with Gasteiger partial charge in [0.15, 0.2) is 0 Å². The number of carbonyl (C=O) groups excluding carboxylic acids is 1. The Morgan fingerprint density at radius 2 is 1.90 bits per heavy atom. The first-order chi connectivity index (χ1) is 10.1. The van der Waals surface area contributed by atoms with E-state index in [0.29, 0.717) is 26.0 Å². The van der Waals surface area contributed by atoms with Crippen molar-refractivity contribution in [1.29, 1.82) is 0 Å². The van der Waals surface area contributed by atoms with Gasteiger partial charge >= 0.3 is 5.97 Å². The van der Waals surface area contributed by atoms with Crippen LogP contribution in [0.25, 0.3) is 0 Å². The first-order valence-corrected chi connectivity index (χ1v) is 6.89. The highest BCUT2D eigenvalue weighted by Crippen LogP contribution is 2.38. The molecule has 114 valence electrons. The molecule has 0 aliphatic heterocycles. The fourth-order valence-corrected chi connectivity index (χ4v) is 2.03. The number of methoxy groups -OCH3 is 1. The van der Waals surface area contributed by atoms with E-state index in [4.69, 9.17) is 14.6 Å². The molecular formula is C15H19NO5. The zero-order chi connectivity index (χ0) is 15.2. The second-order valence-corrected chi connectivity index (χ2v) is 4.96. The van der Waals surface area contributed by atoms with Crippen LogP contribution in [0.4, 0.5) is 0 Å². The summed E-state index contributed by atoms with van der Waals surface area (Å²) in [7, 11) is 1.60. The molecule has 1 saturated carbocycles. The molecular weight excluding hydrogens is 274 g/mol. The lowest BCUT2D eigenvalue weighted by Gasteiger charge is -2.08. The lowest BCUT2D eigenvalue weighted by atomic mass is 10.3. The summed E-state index contributed by atoms with van der Waals surface area (Å²) in [5.74, 6) is -0.405. The van der Waals surface area contributed by atoms with E-state index in [2.05, 4.69) is 5.32 Å². The third-order valence-electron chi connectivity index (χ3n) is 3.39. The Balaban J connectivity index is 1.57. The number of hydrogen-bond donors (Lipinski definition) is 2. The number of benzene rings is 1. The van der Waals surface area contributed by atoms with Crippen LogP contribution in [-0.2, 0) is 9.59 Å². The van der Waals surface area contributed by atoms with Gasteiger partial charge in [0, 0.05) is 6.54 Å². The minimum Gasteiger partial charge on any atom is -0.497 e. The van der Waals surface area contributed by atoms with E-state index in [-0.39, 0.29) is 11.8 Å². The summed E-state index contributed by atoms with van der Waals surface area (Å²) in [5, 5.41) is 11.5. The molecule has 2 rings (SSSR count). The number of carboxylic acid groups (broad SMARTS) is 1. The Morgan fingerprint density at radius 3 is 2.48 bits per heavy atom. The third kappa shape index (κ3) is 4.37. The number of amides is 1. The predicted octanol–water partition coefficient (Wildman–Crippen LogP) is 1.30. The van der Waals surface area contributed by atoms with Gasteiger partial charge in [-0.25, -0.2) is 0 Å². The fourth-order valence-electron chi connectivity index (χ4n) is 2.03. The zero-order valence-electron chi connectivity index (χ0n) is 11.9. The summed E-state index contributed by atoms with van der Waals surface area (Å²) in [6.07, 6.45) is 1.12. The second kappa shape index (κ2) is 6.97. The number of hydrogen-bond acceptors (Lipinski definition) is 4. The fraction of sp³-hybridized carbons (Fsp3) is 0.467. The molecule has 2 unspecified atom stereocenters. The minimum absolute atomic E-state index is 0.174. The lowest BCUT2D eigenvalue weighted by molar-refractivity contribution is -0.140. The summed E-state index contributed by atoms with van der Waals surface area (Å²) < 4.78 is 10.6. The van der Waals surface area contributed by atoms with Crippen molar-refractivity contribution in [2.75, 3.05) is 20.3 Å². The largest absolute Gasteiger partial charge is 0.497 e. The molecule has 0 saturated heterocycles. The Kier molecular flexibility index (Phi) is 5.03. The molecule has 2 atom stereocenters. The summed E-state index contributed by atoms with van der Waals surface area (Å²) in [6, 6.07) is 7.27. The summed E-state index contributed by atoms with van der Waals surface area (Å²) >= 11 is 0. The molecule has 1 aromatic rings. The molecule has 1 aliphatic rings. The molecule has 0 radical (unpaired) electrons. The normalized spacial score (nSPS) is 19.7. The molecule has 2 N–H and O–H groups in total. The van der Waals surface area contributed by atoms with Crippen LogP contribution < -0.4 is 14.8 Å². The Bertz CT molecular complexity index is 499. The van der Waals surface area contributed by atoms with Gasteiger partial charge in [-0.1, -0.05) is 0 Å². The number of rotatable bonds is 8. The first-order valence-electron chi connectivity index (χ1n) is 6.89. The van der Waals surface area contributed by atoms with Gasteiger partial charge in [0.05, 0.1) is 25.6 Å². The molecule has 6 heteroatoms. The number of aliphatic carboxylic acids is 1. The van der Waals surface area contributed by atoms with Crippen molar-refractivity contribution in [1.82, 2.24) is 5.32 Å². The van der Waals surface area contributed by atoms with Crippen LogP contribution in [-0.4, -0.2) is 37.2 Å². The van der Waals surface area contributed by atoms with Gasteiger partial charge in [-0.15, -0.1) is 0 Å². The summed E-state index contributed by atoms with van der Waals surface area (Å²) in [4.78, 5) is 22.2. The number of nitrogens with one attached hydrogen (secondary N) is 1. The van der Waals surface area contributed by atoms with Crippen molar-refractivity contribution in [3.8, 4) is 11.5 Å². The average molecular weight is 293 g/mol. The average Bonchev–Trinajstić information content (AvgIpc) is 3.28. The molecule has 21 heavy (non-hydrogen) atoms. The van der Waals surface area contributed by atoms with Crippen LogP contribution in [0.1, 0.15) is 12.8 Å². The molecule has 1 amide bonds. The molecule has 1 aromatic carbocycles. The van der Waals surface area contributed by atoms with Crippen molar-refractivity contribution >= 4 is 11.9 Å². The van der Waals surface area contributed by atoms with Crippen LogP contribution in [0.5, 0.6) is 11.5 Å². The molecule has 0 aromatic heterocycles. The van der Waals surface area contributed by atoms with Gasteiger partial charge in [-0.2, -0.15) is 0 Å². The Labute approximate surface area is 123 Å². The Hall–Kier alpha value is -2.24. The molecule has 0 spiro atoms. The lowest BCUT2D eigenvalue weighted by Crippen LogP contribution is -2.28. The molecule has 0 bridgehead atoms.